The molecule has 0 saturated carbocycles. The molecule has 0 aromatic heterocycles. The van der Waals surface area contributed by atoms with Crippen LogP contribution < -0.4 is 16.4 Å². The second-order valence-electron chi connectivity index (χ2n) is 5.27. The van der Waals surface area contributed by atoms with Gasteiger partial charge in [-0.25, -0.2) is 4.79 Å². The van der Waals surface area contributed by atoms with E-state index in [9.17, 15) is 9.59 Å². The molecule has 1 saturated heterocycles. The fourth-order valence-electron chi connectivity index (χ4n) is 1.89. The number of nitrogens with two attached hydrogens (primary N) is 1. The monoisotopic (exact) mass is 256 g/mol. The van der Waals surface area contributed by atoms with Crippen molar-refractivity contribution in [2.45, 2.75) is 32.7 Å². The highest BCUT2D eigenvalue weighted by atomic mass is 16.2. The fourth-order valence-corrected chi connectivity index (χ4v) is 1.89. The minimum atomic E-state index is -0.413. The maximum Gasteiger partial charge on any atom is 0.321 e. The number of urea groups is 1. The Morgan fingerprint density at radius 2 is 2.17 bits per heavy atom. The lowest BCUT2D eigenvalue weighted by molar-refractivity contribution is -0.120. The zero-order valence-electron chi connectivity index (χ0n) is 11.2. The third-order valence-electron chi connectivity index (χ3n) is 2.94. The summed E-state index contributed by atoms with van der Waals surface area (Å²) in [7, 11) is 0. The highest BCUT2D eigenvalue weighted by Gasteiger charge is 2.21. The minimum Gasteiger partial charge on any atom is -0.338 e. The Hall–Kier alpha value is -1.14. The van der Waals surface area contributed by atoms with Crippen molar-refractivity contribution in [3.8, 4) is 0 Å². The molecule has 1 rings (SSSR count). The van der Waals surface area contributed by atoms with E-state index < -0.39 is 6.03 Å². The van der Waals surface area contributed by atoms with Crippen LogP contribution in [-0.4, -0.2) is 49.1 Å². The molecule has 104 valence electrons. The van der Waals surface area contributed by atoms with E-state index in [0.717, 1.165) is 25.9 Å². The predicted octanol–water partition coefficient (Wildman–Crippen LogP) is -0.109. The molecule has 1 aliphatic heterocycles. The molecule has 1 fully saturated rings. The maximum absolute atomic E-state index is 11.6. The number of carbonyl (C=O) groups is 2. The second kappa shape index (κ2) is 7.33. The van der Waals surface area contributed by atoms with Crippen molar-refractivity contribution < 1.29 is 9.59 Å². The highest BCUT2D eigenvalue weighted by molar-refractivity contribution is 5.95. The average Bonchev–Trinajstić information content (AvgIpc) is 2.62. The predicted molar refractivity (Wildman–Crippen MR) is 70.0 cm³/mol. The molecule has 1 atom stereocenters. The summed E-state index contributed by atoms with van der Waals surface area (Å²) < 4.78 is 0. The number of amides is 3. The van der Waals surface area contributed by atoms with Crippen LogP contribution in [0.5, 0.6) is 0 Å². The summed E-state index contributed by atoms with van der Waals surface area (Å²) in [5.74, 6) is 0.262. The molecule has 3 amide bonds. The van der Waals surface area contributed by atoms with Crippen LogP contribution in [0.25, 0.3) is 0 Å². The standard InChI is InChI=1S/C12H24N4O2/c1-9(2)3-5-14-12(18)15-11(17)8-16-6-4-10(13)7-16/h9-10H,3-8,13H2,1-2H3,(H2,14,15,17,18)/t10-/m1/s1. The van der Waals surface area contributed by atoms with Crippen molar-refractivity contribution in [3.05, 3.63) is 0 Å². The SMILES string of the molecule is CC(C)CCNC(=O)NC(=O)CN1CC[C@@H](N)C1. The molecule has 0 aromatic rings. The van der Waals surface area contributed by atoms with Gasteiger partial charge in [-0.05, 0) is 18.8 Å². The Morgan fingerprint density at radius 1 is 1.44 bits per heavy atom. The zero-order valence-corrected chi connectivity index (χ0v) is 11.2. The van der Waals surface area contributed by atoms with Gasteiger partial charge in [-0.3, -0.25) is 15.0 Å². The number of hydrogen-bond acceptors (Lipinski definition) is 4. The van der Waals surface area contributed by atoms with E-state index in [1.807, 2.05) is 4.90 Å². The van der Waals surface area contributed by atoms with Crippen molar-refractivity contribution in [2.75, 3.05) is 26.2 Å². The quantitative estimate of drug-likeness (QED) is 0.640. The van der Waals surface area contributed by atoms with Crippen LogP contribution >= 0.6 is 0 Å². The summed E-state index contributed by atoms with van der Waals surface area (Å²) in [4.78, 5) is 24.9. The number of likely N-dealkylation sites (tertiary alicyclic amines) is 1. The first-order valence-corrected chi connectivity index (χ1v) is 6.53. The molecule has 6 nitrogen and oxygen atoms in total. The molecule has 0 bridgehead atoms. The molecule has 4 N–H and O–H groups in total. The van der Waals surface area contributed by atoms with Gasteiger partial charge >= 0.3 is 6.03 Å². The first kappa shape index (κ1) is 14.9. The molecular weight excluding hydrogens is 232 g/mol. The van der Waals surface area contributed by atoms with E-state index in [-0.39, 0.29) is 18.5 Å². The van der Waals surface area contributed by atoms with Crippen molar-refractivity contribution in [1.82, 2.24) is 15.5 Å². The van der Waals surface area contributed by atoms with Crippen LogP contribution in [0.2, 0.25) is 0 Å². The lowest BCUT2D eigenvalue weighted by Gasteiger charge is -2.14. The second-order valence-corrected chi connectivity index (χ2v) is 5.27. The molecule has 6 heteroatoms. The van der Waals surface area contributed by atoms with Gasteiger partial charge in [-0.15, -0.1) is 0 Å². The molecule has 0 aliphatic carbocycles. The van der Waals surface area contributed by atoms with Crippen LogP contribution in [-0.2, 0) is 4.79 Å². The molecule has 0 aromatic carbocycles. The van der Waals surface area contributed by atoms with E-state index in [4.69, 9.17) is 5.73 Å². The smallest absolute Gasteiger partial charge is 0.321 e. The van der Waals surface area contributed by atoms with Crippen LogP contribution in [0.3, 0.4) is 0 Å². The minimum absolute atomic E-state index is 0.151. The number of carbonyl (C=O) groups excluding carboxylic acids is 2. The summed E-state index contributed by atoms with van der Waals surface area (Å²) in [5, 5.41) is 4.99. The third-order valence-corrected chi connectivity index (χ3v) is 2.94. The zero-order chi connectivity index (χ0) is 13.5. The van der Waals surface area contributed by atoms with Gasteiger partial charge in [0.2, 0.25) is 5.91 Å². The molecule has 0 unspecified atom stereocenters. The van der Waals surface area contributed by atoms with Gasteiger partial charge in [0.15, 0.2) is 0 Å². The average molecular weight is 256 g/mol. The number of nitrogens with zero attached hydrogens (tertiary/aromatic N) is 1. The Balaban J connectivity index is 2.13. The lowest BCUT2D eigenvalue weighted by atomic mass is 10.1. The van der Waals surface area contributed by atoms with Gasteiger partial charge < -0.3 is 11.1 Å². The van der Waals surface area contributed by atoms with E-state index in [2.05, 4.69) is 24.5 Å². The molecule has 1 heterocycles. The highest BCUT2D eigenvalue weighted by Crippen LogP contribution is 2.05. The van der Waals surface area contributed by atoms with Crippen molar-refractivity contribution >= 4 is 11.9 Å². The van der Waals surface area contributed by atoms with Crippen LogP contribution in [0.1, 0.15) is 26.7 Å². The maximum atomic E-state index is 11.6. The fraction of sp³-hybridized carbons (Fsp3) is 0.833. The molecule has 1 aliphatic rings. The largest absolute Gasteiger partial charge is 0.338 e. The van der Waals surface area contributed by atoms with Gasteiger partial charge in [0.1, 0.15) is 0 Å². The first-order valence-electron chi connectivity index (χ1n) is 6.53. The molecule has 0 spiro atoms. The number of rotatable bonds is 5. The third kappa shape index (κ3) is 5.97. The van der Waals surface area contributed by atoms with Gasteiger partial charge in [0.05, 0.1) is 6.54 Å². The van der Waals surface area contributed by atoms with Crippen molar-refractivity contribution in [2.24, 2.45) is 11.7 Å². The van der Waals surface area contributed by atoms with E-state index in [0.29, 0.717) is 12.5 Å². The van der Waals surface area contributed by atoms with Gasteiger partial charge in [-0.1, -0.05) is 13.8 Å². The summed E-state index contributed by atoms with van der Waals surface area (Å²) in [6.45, 7) is 6.55. The van der Waals surface area contributed by atoms with Gasteiger partial charge in [-0.2, -0.15) is 0 Å². The Labute approximate surface area is 108 Å². The van der Waals surface area contributed by atoms with Crippen molar-refractivity contribution in [1.29, 1.82) is 0 Å². The van der Waals surface area contributed by atoms with Crippen LogP contribution in [0.4, 0.5) is 4.79 Å². The first-order chi connectivity index (χ1) is 8.47. The summed E-state index contributed by atoms with van der Waals surface area (Å²) >= 11 is 0. The number of imide groups is 1. The van der Waals surface area contributed by atoms with E-state index >= 15 is 0 Å². The lowest BCUT2D eigenvalue weighted by Crippen LogP contribution is -2.44. The van der Waals surface area contributed by atoms with E-state index in [1.165, 1.54) is 0 Å². The van der Waals surface area contributed by atoms with Crippen LogP contribution in [0.15, 0.2) is 0 Å². The Bertz CT molecular complexity index is 294. The topological polar surface area (TPSA) is 87.5 Å². The summed E-state index contributed by atoms with van der Waals surface area (Å²) in [6, 6.07) is -0.262. The summed E-state index contributed by atoms with van der Waals surface area (Å²) in [6.07, 6.45) is 1.82. The Morgan fingerprint density at radius 3 is 2.72 bits per heavy atom. The molecular formula is C12H24N4O2. The molecule has 0 radical (unpaired) electrons. The summed E-state index contributed by atoms with van der Waals surface area (Å²) in [5.41, 5.74) is 5.74. The Kier molecular flexibility index (Phi) is 6.07. The van der Waals surface area contributed by atoms with Crippen LogP contribution in [0, 0.1) is 5.92 Å². The normalized spacial score (nSPS) is 20.1. The van der Waals surface area contributed by atoms with Gasteiger partial charge in [0.25, 0.3) is 0 Å². The number of hydrogen-bond donors (Lipinski definition) is 3. The van der Waals surface area contributed by atoms with Crippen molar-refractivity contribution in [3.63, 3.8) is 0 Å². The van der Waals surface area contributed by atoms with E-state index in [1.54, 1.807) is 0 Å². The van der Waals surface area contributed by atoms with Gasteiger partial charge in [0, 0.05) is 25.7 Å². The molecule has 18 heavy (non-hydrogen) atoms. The number of nitrogens with one attached hydrogen (secondary N) is 2.